The summed E-state index contributed by atoms with van der Waals surface area (Å²) in [7, 11) is 0. The zero-order valence-corrected chi connectivity index (χ0v) is 14.4. The molecule has 2 atom stereocenters. The van der Waals surface area contributed by atoms with Crippen LogP contribution < -0.4 is 0 Å². The third kappa shape index (κ3) is 2.62. The van der Waals surface area contributed by atoms with Crippen LogP contribution in [-0.2, 0) is 14.3 Å². The molecule has 1 fully saturated rings. The molecule has 1 aromatic carbocycles. The number of halogens is 1. The minimum absolute atomic E-state index is 0.190. The molecule has 2 aliphatic rings. The zero-order chi connectivity index (χ0) is 17.4. The molecule has 3 rings (SSSR count). The number of aliphatic imine (C=N–C) groups is 1. The van der Waals surface area contributed by atoms with Crippen molar-refractivity contribution in [3.8, 4) is 0 Å². The number of thioether (sulfide) groups is 1. The number of rotatable bonds is 3. The molecule has 2 aliphatic heterocycles. The van der Waals surface area contributed by atoms with E-state index in [0.29, 0.717) is 10.9 Å². The van der Waals surface area contributed by atoms with Crippen LogP contribution in [0.15, 0.2) is 40.5 Å². The summed E-state index contributed by atoms with van der Waals surface area (Å²) in [5.74, 6) is -1.25. The summed E-state index contributed by atoms with van der Waals surface area (Å²) in [4.78, 5) is 30.8. The van der Waals surface area contributed by atoms with Gasteiger partial charge in [0.2, 0.25) is 5.91 Å². The fraction of sp³-hybridized carbons (Fsp3) is 0.353. The minimum Gasteiger partial charge on any atom is -0.463 e. The second kappa shape index (κ2) is 6.39. The highest BCUT2D eigenvalue weighted by atomic mass is 32.2. The van der Waals surface area contributed by atoms with Crippen molar-refractivity contribution in [3.05, 3.63) is 46.9 Å². The highest BCUT2D eigenvalue weighted by Gasteiger charge is 2.46. The van der Waals surface area contributed by atoms with Gasteiger partial charge in [0.1, 0.15) is 11.9 Å². The van der Waals surface area contributed by atoms with Gasteiger partial charge >= 0.3 is 5.97 Å². The van der Waals surface area contributed by atoms with Gasteiger partial charge in [-0.2, -0.15) is 0 Å². The largest absolute Gasteiger partial charge is 0.463 e. The highest BCUT2D eigenvalue weighted by molar-refractivity contribution is 8.15. The van der Waals surface area contributed by atoms with E-state index in [-0.39, 0.29) is 28.9 Å². The molecular weight excluding hydrogens is 331 g/mol. The lowest BCUT2D eigenvalue weighted by atomic mass is 9.94. The molecule has 0 unspecified atom stereocenters. The van der Waals surface area contributed by atoms with Gasteiger partial charge in [-0.25, -0.2) is 14.2 Å². The van der Waals surface area contributed by atoms with Gasteiger partial charge in [0.25, 0.3) is 0 Å². The van der Waals surface area contributed by atoms with Crippen LogP contribution in [0, 0.1) is 5.82 Å². The van der Waals surface area contributed by atoms with E-state index in [9.17, 15) is 14.0 Å². The number of hydrogen-bond donors (Lipinski definition) is 0. The van der Waals surface area contributed by atoms with Crippen LogP contribution in [0.5, 0.6) is 0 Å². The van der Waals surface area contributed by atoms with Crippen LogP contribution in [0.3, 0.4) is 0 Å². The van der Waals surface area contributed by atoms with Crippen LogP contribution in [0.4, 0.5) is 4.39 Å². The van der Waals surface area contributed by atoms with E-state index in [0.717, 1.165) is 0 Å². The molecule has 0 saturated carbocycles. The molecule has 1 amide bonds. The number of fused-ring (bicyclic) bond motifs is 1. The van der Waals surface area contributed by atoms with Crippen molar-refractivity contribution in [3.63, 3.8) is 0 Å². The van der Waals surface area contributed by atoms with E-state index in [4.69, 9.17) is 4.74 Å². The van der Waals surface area contributed by atoms with Crippen molar-refractivity contribution in [1.29, 1.82) is 0 Å². The van der Waals surface area contributed by atoms with Crippen molar-refractivity contribution in [2.45, 2.75) is 32.1 Å². The first-order valence-electron chi connectivity index (χ1n) is 7.66. The number of allylic oxidation sites excluding steroid dienone is 1. The van der Waals surface area contributed by atoms with E-state index in [1.807, 2.05) is 0 Å². The monoisotopic (exact) mass is 348 g/mol. The molecule has 5 nitrogen and oxygen atoms in total. The normalized spacial score (nSPS) is 23.2. The third-order valence-electron chi connectivity index (χ3n) is 3.95. The van der Waals surface area contributed by atoms with E-state index in [2.05, 4.69) is 4.99 Å². The van der Waals surface area contributed by atoms with Gasteiger partial charge in [0, 0.05) is 5.56 Å². The first-order valence-corrected chi connectivity index (χ1v) is 8.54. The second-order valence-corrected chi connectivity index (χ2v) is 6.81. The molecule has 2 heterocycles. The van der Waals surface area contributed by atoms with E-state index < -0.39 is 17.8 Å². The number of hydrogen-bond acceptors (Lipinski definition) is 5. The summed E-state index contributed by atoms with van der Waals surface area (Å²) in [5.41, 5.74) is 0.909. The van der Waals surface area contributed by atoms with Gasteiger partial charge in [-0.1, -0.05) is 30.0 Å². The number of nitrogens with zero attached hydrogens (tertiary/aromatic N) is 2. The summed E-state index contributed by atoms with van der Waals surface area (Å²) >= 11 is 1.31. The van der Waals surface area contributed by atoms with E-state index in [1.54, 1.807) is 39.0 Å². The standard InChI is InChI=1S/C17H17FN2O3S/c1-4-23-16(22)13-9(2)19-17-20(15(21)10(3)24-17)14(13)11-7-5-6-8-12(11)18/h5-8,10,14H,4H2,1-3H3/t10-,14-/m1/s1. The van der Waals surface area contributed by atoms with Crippen molar-refractivity contribution < 1.29 is 18.7 Å². The number of carbonyl (C=O) groups excluding carboxylic acids is 2. The van der Waals surface area contributed by atoms with Gasteiger partial charge in [-0.3, -0.25) is 9.69 Å². The lowest BCUT2D eigenvalue weighted by molar-refractivity contribution is -0.139. The maximum absolute atomic E-state index is 14.4. The lowest BCUT2D eigenvalue weighted by Gasteiger charge is -2.33. The maximum Gasteiger partial charge on any atom is 0.338 e. The van der Waals surface area contributed by atoms with Crippen LogP contribution in [-0.4, -0.2) is 33.8 Å². The van der Waals surface area contributed by atoms with Crippen molar-refractivity contribution in [2.24, 2.45) is 4.99 Å². The molecular formula is C17H17FN2O3S. The Balaban J connectivity index is 2.18. The molecule has 24 heavy (non-hydrogen) atoms. The fourth-order valence-electron chi connectivity index (χ4n) is 2.86. The first kappa shape index (κ1) is 16.7. The number of carbonyl (C=O) groups is 2. The summed E-state index contributed by atoms with van der Waals surface area (Å²) < 4.78 is 19.6. The van der Waals surface area contributed by atoms with Crippen molar-refractivity contribution in [2.75, 3.05) is 6.61 Å². The second-order valence-electron chi connectivity index (χ2n) is 5.51. The quantitative estimate of drug-likeness (QED) is 0.788. The Hall–Kier alpha value is -2.15. The predicted octanol–water partition coefficient (Wildman–Crippen LogP) is 3.04. The lowest BCUT2D eigenvalue weighted by Crippen LogP contribution is -2.41. The Kier molecular flexibility index (Phi) is 4.45. The summed E-state index contributed by atoms with van der Waals surface area (Å²) in [6.45, 7) is 5.34. The number of amidine groups is 1. The number of benzene rings is 1. The molecule has 0 aliphatic carbocycles. The van der Waals surface area contributed by atoms with Gasteiger partial charge in [-0.15, -0.1) is 0 Å². The molecule has 0 bridgehead atoms. The average molecular weight is 348 g/mol. The molecule has 0 N–H and O–H groups in total. The predicted molar refractivity (Wildman–Crippen MR) is 89.8 cm³/mol. The van der Waals surface area contributed by atoms with Gasteiger partial charge < -0.3 is 4.74 Å². The van der Waals surface area contributed by atoms with Crippen molar-refractivity contribution >= 4 is 28.8 Å². The van der Waals surface area contributed by atoms with Crippen LogP contribution in [0.1, 0.15) is 32.4 Å². The van der Waals surface area contributed by atoms with Crippen LogP contribution >= 0.6 is 11.8 Å². The first-order chi connectivity index (χ1) is 11.5. The Morgan fingerprint density at radius 2 is 2.12 bits per heavy atom. The minimum atomic E-state index is -0.859. The topological polar surface area (TPSA) is 59.0 Å². The molecule has 0 spiro atoms. The Morgan fingerprint density at radius 3 is 2.79 bits per heavy atom. The molecule has 1 aromatic rings. The molecule has 1 saturated heterocycles. The van der Waals surface area contributed by atoms with Gasteiger partial charge in [-0.05, 0) is 26.8 Å². The van der Waals surface area contributed by atoms with Gasteiger partial charge in [0.05, 0.1) is 23.1 Å². The SMILES string of the molecule is CCOC(=O)C1=C(C)N=C2S[C@H](C)C(=O)N2[C@@H]1c1ccccc1F. The van der Waals surface area contributed by atoms with E-state index >= 15 is 0 Å². The van der Waals surface area contributed by atoms with E-state index in [1.165, 1.54) is 22.7 Å². The molecule has 0 radical (unpaired) electrons. The smallest absolute Gasteiger partial charge is 0.338 e. The highest BCUT2D eigenvalue weighted by Crippen LogP contribution is 2.43. The molecule has 7 heteroatoms. The maximum atomic E-state index is 14.4. The zero-order valence-electron chi connectivity index (χ0n) is 13.6. The Labute approximate surface area is 143 Å². The molecule has 0 aromatic heterocycles. The van der Waals surface area contributed by atoms with Crippen molar-refractivity contribution in [1.82, 2.24) is 4.90 Å². The average Bonchev–Trinajstić information content (AvgIpc) is 2.81. The number of amides is 1. The van der Waals surface area contributed by atoms with Crippen LogP contribution in [0.25, 0.3) is 0 Å². The summed E-state index contributed by atoms with van der Waals surface area (Å²) in [6, 6.07) is 5.29. The Bertz CT molecular complexity index is 775. The summed E-state index contributed by atoms with van der Waals surface area (Å²) in [6.07, 6.45) is 0. The third-order valence-corrected chi connectivity index (χ3v) is 5.01. The summed E-state index contributed by atoms with van der Waals surface area (Å²) in [5, 5.41) is 0.165. The number of esters is 1. The Morgan fingerprint density at radius 1 is 1.42 bits per heavy atom. The number of ether oxygens (including phenoxy) is 1. The fourth-order valence-corrected chi connectivity index (χ4v) is 3.89. The van der Waals surface area contributed by atoms with Gasteiger partial charge in [0.15, 0.2) is 5.17 Å². The molecule has 126 valence electrons. The van der Waals surface area contributed by atoms with Crippen LogP contribution in [0.2, 0.25) is 0 Å².